The minimum absolute atomic E-state index is 0.00193. The van der Waals surface area contributed by atoms with E-state index in [1.165, 1.54) is 25.0 Å². The molecule has 3 unspecified atom stereocenters. The second kappa shape index (κ2) is 8.06. The maximum atomic E-state index is 12.2. The lowest BCUT2D eigenvalue weighted by molar-refractivity contribution is -0.384. The lowest BCUT2D eigenvalue weighted by Crippen LogP contribution is -2.36. The van der Waals surface area contributed by atoms with Crippen LogP contribution in [0, 0.1) is 22.0 Å². The molecule has 0 spiro atoms. The monoisotopic (exact) mass is 319 g/mol. The highest BCUT2D eigenvalue weighted by Crippen LogP contribution is 2.23. The summed E-state index contributed by atoms with van der Waals surface area (Å²) in [6, 6.07) is 6.17. The van der Waals surface area contributed by atoms with Crippen LogP contribution in [-0.4, -0.2) is 23.9 Å². The SMILES string of the molecule is CC(NC(=O)CC(C)C1CCCNC1)c1cccc([N+](=O)[O-])c1. The van der Waals surface area contributed by atoms with Gasteiger partial charge in [0.25, 0.3) is 5.69 Å². The highest BCUT2D eigenvalue weighted by atomic mass is 16.6. The number of non-ortho nitro benzene ring substituents is 1. The average molecular weight is 319 g/mol. The molecule has 2 rings (SSSR count). The van der Waals surface area contributed by atoms with Gasteiger partial charge in [-0.15, -0.1) is 0 Å². The van der Waals surface area contributed by atoms with Gasteiger partial charge in [0.2, 0.25) is 5.91 Å². The Hall–Kier alpha value is -1.95. The number of piperidine rings is 1. The van der Waals surface area contributed by atoms with Gasteiger partial charge in [-0.1, -0.05) is 19.1 Å². The predicted octanol–water partition coefficient (Wildman–Crippen LogP) is 2.80. The number of amides is 1. The lowest BCUT2D eigenvalue weighted by atomic mass is 9.85. The van der Waals surface area contributed by atoms with Gasteiger partial charge in [-0.25, -0.2) is 0 Å². The zero-order valence-electron chi connectivity index (χ0n) is 13.7. The van der Waals surface area contributed by atoms with Crippen LogP contribution in [0.4, 0.5) is 5.69 Å². The molecule has 2 N–H and O–H groups in total. The molecule has 1 aromatic carbocycles. The molecule has 1 heterocycles. The Labute approximate surface area is 136 Å². The van der Waals surface area contributed by atoms with Gasteiger partial charge in [-0.05, 0) is 50.3 Å². The van der Waals surface area contributed by atoms with E-state index in [9.17, 15) is 14.9 Å². The second-order valence-electron chi connectivity index (χ2n) is 6.43. The molecule has 23 heavy (non-hydrogen) atoms. The molecule has 1 amide bonds. The summed E-state index contributed by atoms with van der Waals surface area (Å²) in [5, 5.41) is 17.2. The number of nitrogens with zero attached hydrogens (tertiary/aromatic N) is 1. The van der Waals surface area contributed by atoms with Gasteiger partial charge >= 0.3 is 0 Å². The van der Waals surface area contributed by atoms with Crippen molar-refractivity contribution in [3.8, 4) is 0 Å². The molecule has 0 saturated carbocycles. The number of rotatable bonds is 6. The minimum atomic E-state index is -0.420. The number of nitro benzene ring substituents is 1. The van der Waals surface area contributed by atoms with Crippen LogP contribution >= 0.6 is 0 Å². The van der Waals surface area contributed by atoms with Gasteiger partial charge < -0.3 is 10.6 Å². The van der Waals surface area contributed by atoms with Crippen LogP contribution in [-0.2, 0) is 4.79 Å². The summed E-state index contributed by atoms with van der Waals surface area (Å²) in [5.74, 6) is 0.879. The largest absolute Gasteiger partial charge is 0.350 e. The number of nitrogens with one attached hydrogen (secondary N) is 2. The molecule has 6 nitrogen and oxygen atoms in total. The van der Waals surface area contributed by atoms with E-state index in [-0.39, 0.29) is 17.6 Å². The van der Waals surface area contributed by atoms with Gasteiger partial charge in [0.05, 0.1) is 11.0 Å². The molecule has 1 aromatic rings. The quantitative estimate of drug-likeness (QED) is 0.624. The summed E-state index contributed by atoms with van der Waals surface area (Å²) in [7, 11) is 0. The number of nitro groups is 1. The number of carbonyl (C=O) groups excluding carboxylic acids is 1. The van der Waals surface area contributed by atoms with Crippen LogP contribution in [0.3, 0.4) is 0 Å². The second-order valence-corrected chi connectivity index (χ2v) is 6.43. The van der Waals surface area contributed by atoms with Crippen LogP contribution in [0.5, 0.6) is 0 Å². The molecular formula is C17H25N3O3. The smallest absolute Gasteiger partial charge is 0.269 e. The topological polar surface area (TPSA) is 84.3 Å². The maximum Gasteiger partial charge on any atom is 0.269 e. The van der Waals surface area contributed by atoms with E-state index in [1.807, 2.05) is 6.92 Å². The van der Waals surface area contributed by atoms with Crippen LogP contribution in [0.1, 0.15) is 44.7 Å². The number of carbonyl (C=O) groups is 1. The van der Waals surface area contributed by atoms with E-state index >= 15 is 0 Å². The van der Waals surface area contributed by atoms with Crippen LogP contribution in [0.15, 0.2) is 24.3 Å². The van der Waals surface area contributed by atoms with Gasteiger partial charge in [0.1, 0.15) is 0 Å². The van der Waals surface area contributed by atoms with Crippen molar-refractivity contribution < 1.29 is 9.72 Å². The third-order valence-corrected chi connectivity index (χ3v) is 4.61. The van der Waals surface area contributed by atoms with Crippen molar-refractivity contribution in [1.82, 2.24) is 10.6 Å². The molecule has 1 saturated heterocycles. The summed E-state index contributed by atoms with van der Waals surface area (Å²) in [6.45, 7) is 6.02. The Morgan fingerprint density at radius 2 is 2.26 bits per heavy atom. The molecule has 0 bridgehead atoms. The van der Waals surface area contributed by atoms with Crippen molar-refractivity contribution in [3.63, 3.8) is 0 Å². The number of hydrogen-bond acceptors (Lipinski definition) is 4. The van der Waals surface area contributed by atoms with Gasteiger partial charge in [-0.3, -0.25) is 14.9 Å². The molecule has 0 radical (unpaired) electrons. The third-order valence-electron chi connectivity index (χ3n) is 4.61. The Morgan fingerprint density at radius 1 is 1.48 bits per heavy atom. The zero-order valence-corrected chi connectivity index (χ0v) is 13.7. The Bertz CT molecular complexity index is 556. The van der Waals surface area contributed by atoms with Gasteiger partial charge in [0.15, 0.2) is 0 Å². The Morgan fingerprint density at radius 3 is 2.91 bits per heavy atom. The third kappa shape index (κ3) is 5.03. The first kappa shape index (κ1) is 17.4. The van der Waals surface area contributed by atoms with Crippen molar-refractivity contribution in [3.05, 3.63) is 39.9 Å². The van der Waals surface area contributed by atoms with Gasteiger partial charge in [0, 0.05) is 18.6 Å². The lowest BCUT2D eigenvalue weighted by Gasteiger charge is -2.28. The predicted molar refractivity (Wildman–Crippen MR) is 89.0 cm³/mol. The molecule has 1 fully saturated rings. The van der Waals surface area contributed by atoms with Crippen LogP contribution in [0.25, 0.3) is 0 Å². The standard InChI is InChI=1S/C17H25N3O3/c1-12(15-6-4-8-18-11-15)9-17(21)19-13(2)14-5-3-7-16(10-14)20(22)23/h3,5,7,10,12-13,15,18H,4,6,8-9,11H2,1-2H3,(H,19,21). The van der Waals surface area contributed by atoms with Crippen molar-refractivity contribution in [2.75, 3.05) is 13.1 Å². The fraction of sp³-hybridized carbons (Fsp3) is 0.588. The Kier molecular flexibility index (Phi) is 6.10. The number of benzene rings is 1. The summed E-state index contributed by atoms with van der Waals surface area (Å²) in [5.41, 5.74) is 0.796. The molecule has 1 aliphatic rings. The highest BCUT2D eigenvalue weighted by molar-refractivity contribution is 5.76. The van der Waals surface area contributed by atoms with Crippen molar-refractivity contribution in [1.29, 1.82) is 0 Å². The average Bonchev–Trinajstić information content (AvgIpc) is 2.55. The fourth-order valence-corrected chi connectivity index (χ4v) is 3.12. The first-order valence-electron chi connectivity index (χ1n) is 8.22. The van der Waals surface area contributed by atoms with Gasteiger partial charge in [-0.2, -0.15) is 0 Å². The summed E-state index contributed by atoms with van der Waals surface area (Å²) >= 11 is 0. The van der Waals surface area contributed by atoms with Crippen LogP contribution < -0.4 is 10.6 Å². The van der Waals surface area contributed by atoms with E-state index in [0.717, 1.165) is 18.7 Å². The first-order valence-corrected chi connectivity index (χ1v) is 8.22. The highest BCUT2D eigenvalue weighted by Gasteiger charge is 2.22. The summed E-state index contributed by atoms with van der Waals surface area (Å²) in [6.07, 6.45) is 2.83. The molecule has 126 valence electrons. The maximum absolute atomic E-state index is 12.2. The zero-order chi connectivity index (χ0) is 16.8. The minimum Gasteiger partial charge on any atom is -0.350 e. The van der Waals surface area contributed by atoms with E-state index in [1.54, 1.807) is 12.1 Å². The van der Waals surface area contributed by atoms with E-state index in [0.29, 0.717) is 18.3 Å². The van der Waals surface area contributed by atoms with E-state index in [2.05, 4.69) is 17.6 Å². The van der Waals surface area contributed by atoms with E-state index in [4.69, 9.17) is 0 Å². The molecule has 0 aromatic heterocycles. The molecule has 1 aliphatic heterocycles. The molecule has 3 atom stereocenters. The first-order chi connectivity index (χ1) is 11.0. The molecule has 6 heteroatoms. The fourth-order valence-electron chi connectivity index (χ4n) is 3.12. The van der Waals surface area contributed by atoms with E-state index < -0.39 is 4.92 Å². The Balaban J connectivity index is 1.88. The molecule has 0 aliphatic carbocycles. The summed E-state index contributed by atoms with van der Waals surface area (Å²) < 4.78 is 0. The number of hydrogen-bond donors (Lipinski definition) is 2. The van der Waals surface area contributed by atoms with Crippen molar-refractivity contribution in [2.24, 2.45) is 11.8 Å². The molecular weight excluding hydrogens is 294 g/mol. The summed E-state index contributed by atoms with van der Waals surface area (Å²) in [4.78, 5) is 22.6. The van der Waals surface area contributed by atoms with Crippen molar-refractivity contribution >= 4 is 11.6 Å². The van der Waals surface area contributed by atoms with Crippen LogP contribution in [0.2, 0.25) is 0 Å². The van der Waals surface area contributed by atoms with Crippen molar-refractivity contribution in [2.45, 2.75) is 39.2 Å². The normalized spacial score (nSPS) is 20.5.